The third-order valence-electron chi connectivity index (χ3n) is 4.65. The van der Waals surface area contributed by atoms with E-state index in [0.29, 0.717) is 18.3 Å². The second-order valence-electron chi connectivity index (χ2n) is 6.54. The first-order valence-corrected chi connectivity index (χ1v) is 8.27. The average Bonchev–Trinajstić information content (AvgIpc) is 3.22. The van der Waals surface area contributed by atoms with Crippen LogP contribution in [0.1, 0.15) is 35.7 Å². The normalized spacial score (nSPS) is 18.5. The zero-order valence-corrected chi connectivity index (χ0v) is 13.4. The van der Waals surface area contributed by atoms with Crippen LogP contribution >= 0.6 is 0 Å². The van der Waals surface area contributed by atoms with Gasteiger partial charge in [0.25, 0.3) is 0 Å². The second kappa shape index (κ2) is 5.81. The van der Waals surface area contributed by atoms with Crippen LogP contribution < -0.4 is 5.32 Å². The summed E-state index contributed by atoms with van der Waals surface area (Å²) in [7, 11) is 1.84. The maximum absolute atomic E-state index is 12.2. The Bertz CT molecular complexity index is 714. The molecule has 4 rings (SSSR count). The van der Waals surface area contributed by atoms with Crippen molar-refractivity contribution >= 4 is 11.7 Å². The number of nitrogens with zero attached hydrogens (tertiary/aromatic N) is 4. The van der Waals surface area contributed by atoms with E-state index in [1.54, 1.807) is 10.7 Å². The van der Waals surface area contributed by atoms with Crippen molar-refractivity contribution in [2.24, 2.45) is 7.05 Å². The number of aryl methyl sites for hydroxylation is 1. The Balaban J connectivity index is 1.35. The van der Waals surface area contributed by atoms with Gasteiger partial charge in [0.1, 0.15) is 0 Å². The van der Waals surface area contributed by atoms with Crippen molar-refractivity contribution in [3.8, 4) is 0 Å². The van der Waals surface area contributed by atoms with Crippen LogP contribution in [-0.2, 0) is 24.7 Å². The first-order valence-electron chi connectivity index (χ1n) is 8.27. The van der Waals surface area contributed by atoms with Gasteiger partial charge < -0.3 is 5.32 Å². The molecule has 0 bridgehead atoms. The molecule has 2 aliphatic rings. The van der Waals surface area contributed by atoms with E-state index in [4.69, 9.17) is 0 Å². The number of hydrogen-bond donors (Lipinski definition) is 2. The topological polar surface area (TPSA) is 78.8 Å². The fraction of sp³-hybridized carbons (Fsp3) is 0.562. The summed E-state index contributed by atoms with van der Waals surface area (Å²) in [4.78, 5) is 14.4. The summed E-state index contributed by atoms with van der Waals surface area (Å²) >= 11 is 0. The standard InChI is InChI=1S/C16H22N6O/c1-21-7-6-14(20-21)17-15(23)10-22-8-4-12-13(5-9-22)18-19-16(12)11-2-3-11/h6-7,11H,2-5,8-10H2,1H3,(H,18,19)(H,17,20,23). The fourth-order valence-corrected chi connectivity index (χ4v) is 3.27. The van der Waals surface area contributed by atoms with Gasteiger partial charge >= 0.3 is 0 Å². The Morgan fingerprint density at radius 1 is 1.39 bits per heavy atom. The Morgan fingerprint density at radius 2 is 2.22 bits per heavy atom. The second-order valence-corrected chi connectivity index (χ2v) is 6.54. The molecule has 0 unspecified atom stereocenters. The highest BCUT2D eigenvalue weighted by Crippen LogP contribution is 2.41. The van der Waals surface area contributed by atoms with Crippen LogP contribution in [0.3, 0.4) is 0 Å². The van der Waals surface area contributed by atoms with Gasteiger partial charge in [-0.05, 0) is 24.8 Å². The number of amides is 1. The number of carbonyl (C=O) groups excluding carboxylic acids is 1. The summed E-state index contributed by atoms with van der Waals surface area (Å²) in [6.45, 7) is 2.20. The summed E-state index contributed by atoms with van der Waals surface area (Å²) in [5, 5.41) is 14.8. The molecule has 0 radical (unpaired) electrons. The highest BCUT2D eigenvalue weighted by Gasteiger charge is 2.31. The van der Waals surface area contributed by atoms with Gasteiger partial charge in [-0.2, -0.15) is 10.2 Å². The van der Waals surface area contributed by atoms with Crippen LogP contribution in [0.2, 0.25) is 0 Å². The van der Waals surface area contributed by atoms with Crippen LogP contribution in [0, 0.1) is 0 Å². The molecule has 1 fully saturated rings. The number of aromatic nitrogens is 4. The zero-order chi connectivity index (χ0) is 15.8. The number of carbonyl (C=O) groups is 1. The van der Waals surface area contributed by atoms with Crippen molar-refractivity contribution < 1.29 is 4.79 Å². The summed E-state index contributed by atoms with van der Waals surface area (Å²) in [6.07, 6.45) is 6.28. The number of rotatable bonds is 4. The first-order chi connectivity index (χ1) is 11.2. The number of fused-ring (bicyclic) bond motifs is 1. The molecule has 122 valence electrons. The van der Waals surface area contributed by atoms with E-state index in [-0.39, 0.29) is 5.91 Å². The van der Waals surface area contributed by atoms with Gasteiger partial charge in [-0.15, -0.1) is 0 Å². The van der Waals surface area contributed by atoms with Crippen LogP contribution in [0.5, 0.6) is 0 Å². The highest BCUT2D eigenvalue weighted by molar-refractivity contribution is 5.91. The molecule has 2 aromatic rings. The van der Waals surface area contributed by atoms with E-state index in [0.717, 1.165) is 25.9 Å². The van der Waals surface area contributed by atoms with Crippen LogP contribution in [0.4, 0.5) is 5.82 Å². The van der Waals surface area contributed by atoms with Gasteiger partial charge in [0.15, 0.2) is 5.82 Å². The fourth-order valence-electron chi connectivity index (χ4n) is 3.27. The molecule has 7 nitrogen and oxygen atoms in total. The lowest BCUT2D eigenvalue weighted by atomic mass is 10.1. The predicted octanol–water partition coefficient (Wildman–Crippen LogP) is 1.06. The Morgan fingerprint density at radius 3 is 2.96 bits per heavy atom. The van der Waals surface area contributed by atoms with Crippen molar-refractivity contribution in [2.45, 2.75) is 31.6 Å². The molecule has 2 N–H and O–H groups in total. The summed E-state index contributed by atoms with van der Waals surface area (Å²) in [5.74, 6) is 1.28. The van der Waals surface area contributed by atoms with Gasteiger partial charge in [0.05, 0.1) is 12.2 Å². The number of nitrogens with one attached hydrogen (secondary N) is 2. The van der Waals surface area contributed by atoms with E-state index < -0.39 is 0 Å². The molecule has 2 aromatic heterocycles. The minimum Gasteiger partial charge on any atom is -0.308 e. The molecule has 3 heterocycles. The predicted molar refractivity (Wildman–Crippen MR) is 86.2 cm³/mol. The molecular weight excluding hydrogens is 292 g/mol. The van der Waals surface area contributed by atoms with Crippen molar-refractivity contribution in [3.63, 3.8) is 0 Å². The van der Waals surface area contributed by atoms with E-state index >= 15 is 0 Å². The lowest BCUT2D eigenvalue weighted by Gasteiger charge is -2.18. The number of H-pyrrole nitrogens is 1. The molecule has 0 saturated heterocycles. The maximum atomic E-state index is 12.2. The van der Waals surface area contributed by atoms with Gasteiger partial charge in [-0.25, -0.2) is 0 Å². The smallest absolute Gasteiger partial charge is 0.239 e. The molecule has 7 heteroatoms. The third-order valence-corrected chi connectivity index (χ3v) is 4.65. The van der Waals surface area contributed by atoms with Crippen LogP contribution in [0.25, 0.3) is 0 Å². The molecular formula is C16H22N6O. The van der Waals surface area contributed by atoms with E-state index in [9.17, 15) is 4.79 Å². The number of hydrogen-bond acceptors (Lipinski definition) is 4. The van der Waals surface area contributed by atoms with Gasteiger partial charge in [-0.1, -0.05) is 0 Å². The first kappa shape index (κ1) is 14.4. The van der Waals surface area contributed by atoms with Crippen molar-refractivity contribution in [1.82, 2.24) is 24.9 Å². The largest absolute Gasteiger partial charge is 0.308 e. The molecule has 1 saturated carbocycles. The minimum atomic E-state index is -0.00481. The molecule has 0 aromatic carbocycles. The maximum Gasteiger partial charge on any atom is 0.239 e. The molecule has 0 atom stereocenters. The molecule has 1 amide bonds. The molecule has 1 aliphatic heterocycles. The number of aromatic amines is 1. The number of anilines is 1. The SMILES string of the molecule is Cn1ccc(NC(=O)CN2CCc3[nH]nc(C4CC4)c3CC2)n1. The van der Waals surface area contributed by atoms with Crippen molar-refractivity contribution in [3.05, 3.63) is 29.2 Å². The Kier molecular flexibility index (Phi) is 3.65. The quantitative estimate of drug-likeness (QED) is 0.884. The third kappa shape index (κ3) is 3.14. The summed E-state index contributed by atoms with van der Waals surface area (Å²) in [5.41, 5.74) is 3.94. The van der Waals surface area contributed by atoms with Gasteiger partial charge in [0, 0.05) is 50.4 Å². The summed E-state index contributed by atoms with van der Waals surface area (Å²) in [6, 6.07) is 1.80. The zero-order valence-electron chi connectivity index (χ0n) is 13.4. The minimum absolute atomic E-state index is 0.00481. The van der Waals surface area contributed by atoms with Crippen LogP contribution in [-0.4, -0.2) is 50.4 Å². The molecule has 23 heavy (non-hydrogen) atoms. The highest BCUT2D eigenvalue weighted by atomic mass is 16.2. The lowest BCUT2D eigenvalue weighted by Crippen LogP contribution is -2.35. The van der Waals surface area contributed by atoms with Crippen LogP contribution in [0.15, 0.2) is 12.3 Å². The van der Waals surface area contributed by atoms with Crippen molar-refractivity contribution in [2.75, 3.05) is 25.0 Å². The Hall–Kier alpha value is -2.15. The van der Waals surface area contributed by atoms with Crippen molar-refractivity contribution in [1.29, 1.82) is 0 Å². The van der Waals surface area contributed by atoms with E-state index in [1.807, 2.05) is 13.2 Å². The molecule has 0 spiro atoms. The van der Waals surface area contributed by atoms with Gasteiger partial charge in [-0.3, -0.25) is 19.5 Å². The summed E-state index contributed by atoms with van der Waals surface area (Å²) < 4.78 is 1.68. The lowest BCUT2D eigenvalue weighted by molar-refractivity contribution is -0.117. The molecule has 1 aliphatic carbocycles. The van der Waals surface area contributed by atoms with E-state index in [2.05, 4.69) is 25.5 Å². The average molecular weight is 314 g/mol. The van der Waals surface area contributed by atoms with E-state index in [1.165, 1.54) is 29.8 Å². The van der Waals surface area contributed by atoms with Gasteiger partial charge in [0.2, 0.25) is 5.91 Å². The monoisotopic (exact) mass is 314 g/mol. The Labute approximate surface area is 135 Å².